The summed E-state index contributed by atoms with van der Waals surface area (Å²) in [5.41, 5.74) is 1.23. The van der Waals surface area contributed by atoms with Gasteiger partial charge in [0.2, 0.25) is 0 Å². The standard InChI is InChI=1S/C18H24N2O3/c1-3-4-5-9-12-23-17(21)15-13(2)19-18(22)20-16(15)14-10-7-6-8-11-14/h6-8,10-11,15-16H,2-5,9,12H2,1H3,(H2,19,20,22)/t15-,16+/m0/s1. The van der Waals surface area contributed by atoms with Crippen LogP contribution >= 0.6 is 0 Å². The van der Waals surface area contributed by atoms with Gasteiger partial charge in [0.05, 0.1) is 12.6 Å². The van der Waals surface area contributed by atoms with Crippen LogP contribution in [0.3, 0.4) is 0 Å². The molecule has 0 unspecified atom stereocenters. The molecule has 1 aliphatic heterocycles. The highest BCUT2D eigenvalue weighted by molar-refractivity contribution is 5.85. The molecule has 5 heteroatoms. The van der Waals surface area contributed by atoms with E-state index in [1.54, 1.807) is 0 Å². The number of urea groups is 1. The second-order valence-corrected chi connectivity index (χ2v) is 5.72. The van der Waals surface area contributed by atoms with Gasteiger partial charge in [-0.05, 0) is 12.0 Å². The third-order valence-electron chi connectivity index (χ3n) is 3.92. The Morgan fingerprint density at radius 3 is 2.65 bits per heavy atom. The van der Waals surface area contributed by atoms with Gasteiger partial charge in [0.1, 0.15) is 5.92 Å². The summed E-state index contributed by atoms with van der Waals surface area (Å²) in [4.78, 5) is 24.2. The van der Waals surface area contributed by atoms with E-state index in [1.165, 1.54) is 0 Å². The molecule has 1 fully saturated rings. The Balaban J connectivity index is 2.04. The number of esters is 1. The van der Waals surface area contributed by atoms with Crippen LogP contribution in [0, 0.1) is 5.92 Å². The number of amides is 2. The van der Waals surface area contributed by atoms with Crippen molar-refractivity contribution < 1.29 is 14.3 Å². The first kappa shape index (κ1) is 17.1. The van der Waals surface area contributed by atoms with Gasteiger partial charge in [-0.15, -0.1) is 0 Å². The molecule has 0 aromatic heterocycles. The highest BCUT2D eigenvalue weighted by atomic mass is 16.5. The molecule has 1 aromatic carbocycles. The maximum absolute atomic E-state index is 12.5. The maximum atomic E-state index is 12.5. The van der Waals surface area contributed by atoms with Gasteiger partial charge in [0, 0.05) is 5.70 Å². The lowest BCUT2D eigenvalue weighted by molar-refractivity contribution is -0.148. The highest BCUT2D eigenvalue weighted by Gasteiger charge is 2.38. The summed E-state index contributed by atoms with van der Waals surface area (Å²) in [5, 5.41) is 5.37. The van der Waals surface area contributed by atoms with E-state index in [2.05, 4.69) is 24.1 Å². The minimum atomic E-state index is -0.624. The van der Waals surface area contributed by atoms with Crippen LogP contribution in [-0.2, 0) is 9.53 Å². The third kappa shape index (κ3) is 4.58. The number of benzene rings is 1. The van der Waals surface area contributed by atoms with E-state index in [4.69, 9.17) is 4.74 Å². The minimum Gasteiger partial charge on any atom is -0.465 e. The lowest BCUT2D eigenvalue weighted by atomic mass is 9.89. The quantitative estimate of drug-likeness (QED) is 0.599. The van der Waals surface area contributed by atoms with Crippen molar-refractivity contribution in [3.05, 3.63) is 48.2 Å². The molecule has 0 saturated carbocycles. The van der Waals surface area contributed by atoms with E-state index in [9.17, 15) is 9.59 Å². The number of carbonyl (C=O) groups excluding carboxylic acids is 2. The Hall–Kier alpha value is -2.30. The van der Waals surface area contributed by atoms with Crippen molar-refractivity contribution in [3.63, 3.8) is 0 Å². The van der Waals surface area contributed by atoms with Crippen molar-refractivity contribution in [2.45, 2.75) is 38.6 Å². The van der Waals surface area contributed by atoms with E-state index in [-0.39, 0.29) is 12.0 Å². The molecule has 2 rings (SSSR count). The fourth-order valence-corrected chi connectivity index (χ4v) is 2.69. The molecule has 0 bridgehead atoms. The zero-order chi connectivity index (χ0) is 16.7. The summed E-state index contributed by atoms with van der Waals surface area (Å²) in [5.74, 6) is -0.978. The van der Waals surface area contributed by atoms with Crippen LogP contribution in [0.25, 0.3) is 0 Å². The fourth-order valence-electron chi connectivity index (χ4n) is 2.69. The number of ether oxygens (including phenoxy) is 1. The van der Waals surface area contributed by atoms with Gasteiger partial charge in [0.15, 0.2) is 0 Å². The summed E-state index contributed by atoms with van der Waals surface area (Å²) in [6.45, 7) is 6.36. The first-order valence-electron chi connectivity index (χ1n) is 8.11. The molecular formula is C18H24N2O3. The van der Waals surface area contributed by atoms with E-state index < -0.39 is 12.0 Å². The molecule has 2 atom stereocenters. The van der Waals surface area contributed by atoms with Crippen LogP contribution in [0.2, 0.25) is 0 Å². The van der Waals surface area contributed by atoms with Crippen LogP contribution in [-0.4, -0.2) is 18.6 Å². The molecule has 2 amide bonds. The van der Waals surface area contributed by atoms with E-state index in [0.717, 1.165) is 31.2 Å². The predicted octanol–water partition coefficient (Wildman–Crippen LogP) is 3.29. The Morgan fingerprint density at radius 1 is 1.22 bits per heavy atom. The van der Waals surface area contributed by atoms with Crippen LogP contribution in [0.4, 0.5) is 4.79 Å². The zero-order valence-electron chi connectivity index (χ0n) is 13.5. The average Bonchev–Trinajstić information content (AvgIpc) is 2.54. The summed E-state index contributed by atoms with van der Waals surface area (Å²) < 4.78 is 5.39. The van der Waals surface area contributed by atoms with Crippen molar-refractivity contribution >= 4 is 12.0 Å². The van der Waals surface area contributed by atoms with Crippen molar-refractivity contribution in [2.24, 2.45) is 5.92 Å². The van der Waals surface area contributed by atoms with Gasteiger partial charge < -0.3 is 15.4 Å². The highest BCUT2D eigenvalue weighted by Crippen LogP contribution is 2.30. The monoisotopic (exact) mass is 316 g/mol. The van der Waals surface area contributed by atoms with Crippen LogP contribution in [0.1, 0.15) is 44.2 Å². The molecule has 124 valence electrons. The molecule has 1 heterocycles. The molecule has 0 spiro atoms. The van der Waals surface area contributed by atoms with Crippen molar-refractivity contribution in [1.29, 1.82) is 0 Å². The second-order valence-electron chi connectivity index (χ2n) is 5.72. The summed E-state index contributed by atoms with van der Waals surface area (Å²) in [7, 11) is 0. The summed E-state index contributed by atoms with van der Waals surface area (Å²) in [6.07, 6.45) is 4.18. The zero-order valence-corrected chi connectivity index (χ0v) is 13.5. The Labute approximate surface area is 137 Å². The molecule has 0 aliphatic carbocycles. The molecule has 2 N–H and O–H groups in total. The number of hydrogen-bond donors (Lipinski definition) is 2. The number of rotatable bonds is 7. The molecule has 1 aromatic rings. The molecule has 1 saturated heterocycles. The van der Waals surface area contributed by atoms with Crippen molar-refractivity contribution in [1.82, 2.24) is 10.6 Å². The Bertz CT molecular complexity index is 557. The number of hydrogen-bond acceptors (Lipinski definition) is 3. The van der Waals surface area contributed by atoms with Gasteiger partial charge in [-0.1, -0.05) is 63.1 Å². The second kappa shape index (κ2) is 8.36. The van der Waals surface area contributed by atoms with E-state index in [1.807, 2.05) is 30.3 Å². The number of unbranched alkanes of at least 4 members (excludes halogenated alkanes) is 3. The van der Waals surface area contributed by atoms with Gasteiger partial charge in [-0.2, -0.15) is 0 Å². The first-order chi connectivity index (χ1) is 11.1. The smallest absolute Gasteiger partial charge is 0.319 e. The lowest BCUT2D eigenvalue weighted by Crippen LogP contribution is -2.51. The Kier molecular flexibility index (Phi) is 6.20. The summed E-state index contributed by atoms with van der Waals surface area (Å²) >= 11 is 0. The van der Waals surface area contributed by atoms with Crippen molar-refractivity contribution in [3.8, 4) is 0 Å². The maximum Gasteiger partial charge on any atom is 0.319 e. The largest absolute Gasteiger partial charge is 0.465 e. The Morgan fingerprint density at radius 2 is 1.96 bits per heavy atom. The topological polar surface area (TPSA) is 67.4 Å². The third-order valence-corrected chi connectivity index (χ3v) is 3.92. The van der Waals surface area contributed by atoms with Crippen molar-refractivity contribution in [2.75, 3.05) is 6.61 Å². The van der Waals surface area contributed by atoms with Crippen LogP contribution in [0.15, 0.2) is 42.6 Å². The number of carbonyl (C=O) groups is 2. The van der Waals surface area contributed by atoms with Crippen LogP contribution < -0.4 is 10.6 Å². The van der Waals surface area contributed by atoms with Gasteiger partial charge in [-0.3, -0.25) is 4.79 Å². The summed E-state index contributed by atoms with van der Waals surface area (Å²) in [6, 6.07) is 8.59. The molecule has 0 radical (unpaired) electrons. The minimum absolute atomic E-state index is 0.351. The van der Waals surface area contributed by atoms with E-state index in [0.29, 0.717) is 12.3 Å². The number of nitrogens with one attached hydrogen (secondary N) is 2. The van der Waals surface area contributed by atoms with Crippen LogP contribution in [0.5, 0.6) is 0 Å². The molecule has 1 aliphatic rings. The van der Waals surface area contributed by atoms with E-state index >= 15 is 0 Å². The van der Waals surface area contributed by atoms with Gasteiger partial charge >= 0.3 is 12.0 Å². The SMILES string of the molecule is C=C1NC(=O)N[C@H](c2ccccc2)[C@H]1C(=O)OCCCCCC. The van der Waals surface area contributed by atoms with Gasteiger partial charge in [0.25, 0.3) is 0 Å². The predicted molar refractivity (Wildman–Crippen MR) is 88.6 cm³/mol. The fraction of sp³-hybridized carbons (Fsp3) is 0.444. The molecular weight excluding hydrogens is 292 g/mol. The normalized spacial score (nSPS) is 20.6. The first-order valence-corrected chi connectivity index (χ1v) is 8.11. The molecule has 5 nitrogen and oxygen atoms in total. The lowest BCUT2D eigenvalue weighted by Gasteiger charge is -2.33. The van der Waals surface area contributed by atoms with Gasteiger partial charge in [-0.25, -0.2) is 4.79 Å². The average molecular weight is 316 g/mol. The molecule has 23 heavy (non-hydrogen) atoms.